The fraction of sp³-hybridized carbons (Fsp3) is 0.0625. The van der Waals surface area contributed by atoms with Gasteiger partial charge in [0.05, 0.1) is 28.1 Å². The number of hydrogen-bond acceptors (Lipinski definition) is 3. The van der Waals surface area contributed by atoms with Crippen LogP contribution in [0.4, 0.5) is 15.8 Å². The summed E-state index contributed by atoms with van der Waals surface area (Å²) >= 11 is 5.78. The van der Waals surface area contributed by atoms with Crippen LogP contribution < -0.4 is 11.1 Å². The van der Waals surface area contributed by atoms with E-state index in [0.717, 1.165) is 22.2 Å². The molecule has 2 aromatic carbocycles. The van der Waals surface area contributed by atoms with Crippen LogP contribution in [0, 0.1) is 5.82 Å². The normalized spacial score (nSPS) is 10.8. The molecule has 0 unspecified atom stereocenters. The summed E-state index contributed by atoms with van der Waals surface area (Å²) in [7, 11) is 0. The smallest absolute Gasteiger partial charge is 0.141 e. The van der Waals surface area contributed by atoms with Gasteiger partial charge in [-0.05, 0) is 23.8 Å². The molecule has 0 amide bonds. The Kier molecular flexibility index (Phi) is 3.62. The fourth-order valence-corrected chi connectivity index (χ4v) is 2.40. The molecule has 3 rings (SSSR count). The van der Waals surface area contributed by atoms with Gasteiger partial charge in [0.25, 0.3) is 0 Å². The van der Waals surface area contributed by atoms with Crippen LogP contribution in [0.2, 0.25) is 5.02 Å². The number of nitrogen functional groups attached to an aromatic ring is 1. The molecule has 3 N–H and O–H groups in total. The monoisotopic (exact) mass is 301 g/mol. The summed E-state index contributed by atoms with van der Waals surface area (Å²) in [5, 5.41) is 4.34. The number of anilines is 2. The van der Waals surface area contributed by atoms with Crippen molar-refractivity contribution in [1.82, 2.24) is 4.98 Å². The highest BCUT2D eigenvalue weighted by Crippen LogP contribution is 2.28. The molecule has 0 fully saturated rings. The molecule has 0 aliphatic rings. The van der Waals surface area contributed by atoms with Gasteiger partial charge in [0.15, 0.2) is 0 Å². The van der Waals surface area contributed by atoms with E-state index in [9.17, 15) is 4.39 Å². The molecule has 0 saturated heterocycles. The van der Waals surface area contributed by atoms with Crippen LogP contribution in [-0.2, 0) is 6.54 Å². The summed E-state index contributed by atoms with van der Waals surface area (Å²) < 4.78 is 13.2. The maximum Gasteiger partial charge on any atom is 0.141 e. The topological polar surface area (TPSA) is 50.9 Å². The molecular weight excluding hydrogens is 289 g/mol. The third-order valence-electron chi connectivity index (χ3n) is 3.26. The Morgan fingerprint density at radius 1 is 1.19 bits per heavy atom. The number of para-hydroxylation sites is 1. The fourth-order valence-electron chi connectivity index (χ4n) is 2.19. The molecule has 0 atom stereocenters. The predicted octanol–water partition coefficient (Wildman–Crippen LogP) is 4.22. The Morgan fingerprint density at radius 2 is 2.00 bits per heavy atom. The van der Waals surface area contributed by atoms with Gasteiger partial charge in [-0.1, -0.05) is 35.9 Å². The summed E-state index contributed by atoms with van der Waals surface area (Å²) in [6.07, 6.45) is 1.63. The third-order valence-corrected chi connectivity index (χ3v) is 3.55. The second kappa shape index (κ2) is 5.58. The van der Waals surface area contributed by atoms with Crippen molar-refractivity contribution in [3.8, 4) is 0 Å². The number of rotatable bonds is 3. The van der Waals surface area contributed by atoms with E-state index in [1.165, 1.54) is 6.07 Å². The highest BCUT2D eigenvalue weighted by Gasteiger charge is 2.07. The first-order valence-corrected chi connectivity index (χ1v) is 6.84. The molecule has 0 radical (unpaired) electrons. The van der Waals surface area contributed by atoms with Gasteiger partial charge in [0.1, 0.15) is 5.82 Å². The van der Waals surface area contributed by atoms with Crippen LogP contribution in [0.15, 0.2) is 48.7 Å². The molecule has 3 nitrogen and oxygen atoms in total. The number of hydrogen-bond donors (Lipinski definition) is 2. The maximum atomic E-state index is 13.2. The van der Waals surface area contributed by atoms with Crippen molar-refractivity contribution in [2.45, 2.75) is 6.54 Å². The Bertz CT molecular complexity index is 805. The van der Waals surface area contributed by atoms with Crippen LogP contribution in [0.1, 0.15) is 5.56 Å². The highest BCUT2D eigenvalue weighted by atomic mass is 35.5. The molecule has 0 aliphatic carbocycles. The van der Waals surface area contributed by atoms with Crippen LogP contribution in [0.3, 0.4) is 0 Å². The zero-order valence-corrected chi connectivity index (χ0v) is 11.9. The molecule has 3 aromatic rings. The first-order valence-electron chi connectivity index (χ1n) is 6.46. The minimum Gasteiger partial charge on any atom is -0.396 e. The zero-order chi connectivity index (χ0) is 14.8. The van der Waals surface area contributed by atoms with E-state index in [0.29, 0.717) is 12.2 Å². The van der Waals surface area contributed by atoms with Crippen molar-refractivity contribution < 1.29 is 4.39 Å². The Balaban J connectivity index is 1.91. The summed E-state index contributed by atoms with van der Waals surface area (Å²) in [4.78, 5) is 4.29. The van der Waals surface area contributed by atoms with Crippen LogP contribution in [0.5, 0.6) is 0 Å². The molecule has 21 heavy (non-hydrogen) atoms. The van der Waals surface area contributed by atoms with Gasteiger partial charge in [0, 0.05) is 11.9 Å². The molecule has 0 saturated carbocycles. The first-order chi connectivity index (χ1) is 10.1. The summed E-state index contributed by atoms with van der Waals surface area (Å²) in [6.45, 7) is 0.498. The number of aromatic nitrogens is 1. The number of pyridine rings is 1. The Morgan fingerprint density at radius 3 is 2.81 bits per heavy atom. The number of nitrogens with two attached hydrogens (primary N) is 1. The Hall–Kier alpha value is -2.33. The summed E-state index contributed by atoms with van der Waals surface area (Å²) in [5.74, 6) is -0.422. The van der Waals surface area contributed by atoms with Gasteiger partial charge >= 0.3 is 0 Å². The van der Waals surface area contributed by atoms with Gasteiger partial charge in [0.2, 0.25) is 0 Å². The van der Waals surface area contributed by atoms with Crippen molar-refractivity contribution in [2.75, 3.05) is 11.1 Å². The lowest BCUT2D eigenvalue weighted by atomic mass is 10.1. The minimum atomic E-state index is -0.422. The molecule has 5 heteroatoms. The quantitative estimate of drug-likeness (QED) is 0.761. The lowest BCUT2D eigenvalue weighted by Crippen LogP contribution is -2.04. The van der Waals surface area contributed by atoms with E-state index in [1.54, 1.807) is 18.3 Å². The van der Waals surface area contributed by atoms with E-state index in [-0.39, 0.29) is 5.02 Å². The van der Waals surface area contributed by atoms with Gasteiger partial charge in [-0.15, -0.1) is 0 Å². The SMILES string of the molecule is Nc1cnc2ccccc2c1NCc1ccc(F)c(Cl)c1. The van der Waals surface area contributed by atoms with Crippen LogP contribution in [-0.4, -0.2) is 4.98 Å². The van der Waals surface area contributed by atoms with E-state index < -0.39 is 5.82 Å². The molecule has 1 heterocycles. The van der Waals surface area contributed by atoms with Gasteiger partial charge < -0.3 is 11.1 Å². The predicted molar refractivity (Wildman–Crippen MR) is 84.9 cm³/mol. The van der Waals surface area contributed by atoms with Crippen molar-refractivity contribution in [3.63, 3.8) is 0 Å². The van der Waals surface area contributed by atoms with Crippen molar-refractivity contribution in [2.24, 2.45) is 0 Å². The standard InChI is InChI=1S/C16H13ClFN3/c17-12-7-10(5-6-13(12)18)8-21-16-11-3-1-2-4-15(11)20-9-14(16)19/h1-7,9H,8,19H2,(H,20,21). The average molecular weight is 302 g/mol. The van der Waals surface area contributed by atoms with Crippen molar-refractivity contribution in [3.05, 3.63) is 65.1 Å². The number of nitrogens with one attached hydrogen (secondary N) is 1. The number of fused-ring (bicyclic) bond motifs is 1. The van der Waals surface area contributed by atoms with E-state index in [2.05, 4.69) is 10.3 Å². The first kappa shape index (κ1) is 13.6. The van der Waals surface area contributed by atoms with Crippen LogP contribution in [0.25, 0.3) is 10.9 Å². The molecule has 0 bridgehead atoms. The largest absolute Gasteiger partial charge is 0.396 e. The maximum absolute atomic E-state index is 13.2. The zero-order valence-electron chi connectivity index (χ0n) is 11.1. The van der Waals surface area contributed by atoms with E-state index in [1.807, 2.05) is 24.3 Å². The number of halogens is 2. The second-order valence-electron chi connectivity index (χ2n) is 4.71. The summed E-state index contributed by atoms with van der Waals surface area (Å²) in [6, 6.07) is 12.4. The Labute approximate surface area is 126 Å². The van der Waals surface area contributed by atoms with Gasteiger partial charge in [-0.3, -0.25) is 4.98 Å². The molecular formula is C16H13ClFN3. The molecule has 0 aliphatic heterocycles. The van der Waals surface area contributed by atoms with Gasteiger partial charge in [-0.2, -0.15) is 0 Å². The van der Waals surface area contributed by atoms with Crippen LogP contribution >= 0.6 is 11.6 Å². The van der Waals surface area contributed by atoms with Crippen molar-refractivity contribution >= 4 is 33.9 Å². The highest BCUT2D eigenvalue weighted by molar-refractivity contribution is 6.30. The second-order valence-corrected chi connectivity index (χ2v) is 5.11. The van der Waals surface area contributed by atoms with E-state index in [4.69, 9.17) is 17.3 Å². The minimum absolute atomic E-state index is 0.113. The van der Waals surface area contributed by atoms with E-state index >= 15 is 0 Å². The third kappa shape index (κ3) is 2.76. The molecule has 106 valence electrons. The summed E-state index contributed by atoms with van der Waals surface area (Å²) in [5.41, 5.74) is 9.13. The molecule has 0 spiro atoms. The lowest BCUT2D eigenvalue weighted by molar-refractivity contribution is 0.627. The molecule has 1 aromatic heterocycles. The number of nitrogens with zero attached hydrogens (tertiary/aromatic N) is 1. The number of benzene rings is 2. The lowest BCUT2D eigenvalue weighted by Gasteiger charge is -2.12. The average Bonchev–Trinajstić information content (AvgIpc) is 2.50. The van der Waals surface area contributed by atoms with Gasteiger partial charge in [-0.25, -0.2) is 4.39 Å². The van der Waals surface area contributed by atoms with Crippen molar-refractivity contribution in [1.29, 1.82) is 0 Å².